The number of fused-ring (bicyclic) bond motifs is 1. The first kappa shape index (κ1) is 14.1. The largest absolute Gasteiger partial charge is 0.492 e. The fraction of sp³-hybridized carbons (Fsp3) is 0.188. The summed E-state index contributed by atoms with van der Waals surface area (Å²) >= 11 is 3.18. The molecule has 0 fully saturated rings. The van der Waals surface area contributed by atoms with Crippen molar-refractivity contribution in [2.45, 2.75) is 6.42 Å². The molecule has 108 valence electrons. The maximum atomic E-state index is 13.7. The Morgan fingerprint density at radius 2 is 2.10 bits per heavy atom. The Morgan fingerprint density at radius 1 is 1.29 bits per heavy atom. The van der Waals surface area contributed by atoms with E-state index in [4.69, 9.17) is 4.74 Å². The van der Waals surface area contributed by atoms with Gasteiger partial charge in [0.15, 0.2) is 0 Å². The van der Waals surface area contributed by atoms with E-state index >= 15 is 0 Å². The number of anilines is 1. The van der Waals surface area contributed by atoms with E-state index in [1.54, 1.807) is 6.07 Å². The summed E-state index contributed by atoms with van der Waals surface area (Å²) in [6.45, 7) is 0.307. The lowest BCUT2D eigenvalue weighted by Crippen LogP contribution is -2.32. The van der Waals surface area contributed by atoms with E-state index in [-0.39, 0.29) is 17.5 Å². The molecule has 1 N–H and O–H groups in total. The molecular weight excluding hydrogens is 337 g/mol. The third-order valence-corrected chi connectivity index (χ3v) is 3.93. The van der Waals surface area contributed by atoms with Crippen LogP contribution in [-0.2, 0) is 11.2 Å². The van der Waals surface area contributed by atoms with Crippen LogP contribution in [0.1, 0.15) is 5.56 Å². The molecular formula is C16H13BrFNO2. The Bertz CT molecular complexity index is 690. The van der Waals surface area contributed by atoms with Crippen molar-refractivity contribution < 1.29 is 13.9 Å². The lowest BCUT2D eigenvalue weighted by Gasteiger charge is -2.24. The first-order chi connectivity index (χ1) is 10.1. The average Bonchev–Trinajstić information content (AvgIpc) is 2.49. The van der Waals surface area contributed by atoms with Gasteiger partial charge < -0.3 is 10.1 Å². The van der Waals surface area contributed by atoms with Crippen molar-refractivity contribution >= 4 is 27.5 Å². The molecule has 21 heavy (non-hydrogen) atoms. The van der Waals surface area contributed by atoms with Crippen LogP contribution in [-0.4, -0.2) is 12.5 Å². The molecule has 1 aliphatic heterocycles. The highest BCUT2D eigenvalue weighted by Gasteiger charge is 2.26. The van der Waals surface area contributed by atoms with Gasteiger partial charge in [-0.2, -0.15) is 0 Å². The Morgan fingerprint density at radius 3 is 2.90 bits per heavy atom. The summed E-state index contributed by atoms with van der Waals surface area (Å²) < 4.78 is 20.0. The summed E-state index contributed by atoms with van der Waals surface area (Å²) in [5.41, 5.74) is 1.18. The van der Waals surface area contributed by atoms with Crippen LogP contribution in [0.3, 0.4) is 0 Å². The lowest BCUT2D eigenvalue weighted by atomic mass is 9.96. The van der Waals surface area contributed by atoms with Gasteiger partial charge >= 0.3 is 0 Å². The van der Waals surface area contributed by atoms with E-state index in [2.05, 4.69) is 21.2 Å². The van der Waals surface area contributed by atoms with Crippen LogP contribution in [0.2, 0.25) is 0 Å². The Balaban J connectivity index is 1.72. The zero-order chi connectivity index (χ0) is 14.8. The van der Waals surface area contributed by atoms with E-state index in [9.17, 15) is 9.18 Å². The van der Waals surface area contributed by atoms with Crippen LogP contribution < -0.4 is 10.1 Å². The molecule has 3 rings (SSSR count). The second-order valence-electron chi connectivity index (χ2n) is 4.93. The average molecular weight is 350 g/mol. The predicted molar refractivity (Wildman–Crippen MR) is 81.9 cm³/mol. The minimum Gasteiger partial charge on any atom is -0.492 e. The zero-order valence-electron chi connectivity index (χ0n) is 11.1. The molecule has 2 aromatic carbocycles. The number of hydrogen-bond donors (Lipinski definition) is 1. The standard InChI is InChI=1S/C16H13BrFNO2/c17-12-5-6-14(13(18)8-12)19-16(20)11-7-10-3-1-2-4-15(10)21-9-11/h1-6,8,11H,7,9H2,(H,19,20)/t11-/m1/s1. The Kier molecular flexibility index (Phi) is 3.92. The van der Waals surface area contributed by atoms with E-state index in [1.807, 2.05) is 24.3 Å². The predicted octanol–water partition coefficient (Wildman–Crippen LogP) is 3.78. The van der Waals surface area contributed by atoms with Gasteiger partial charge in [-0.25, -0.2) is 4.39 Å². The number of carbonyl (C=O) groups excluding carboxylic acids is 1. The minimum absolute atomic E-state index is 0.182. The monoisotopic (exact) mass is 349 g/mol. The summed E-state index contributed by atoms with van der Waals surface area (Å²) in [7, 11) is 0. The van der Waals surface area contributed by atoms with Gasteiger partial charge in [-0.05, 0) is 36.2 Å². The van der Waals surface area contributed by atoms with Crippen molar-refractivity contribution in [2.75, 3.05) is 11.9 Å². The first-order valence-corrected chi connectivity index (χ1v) is 7.39. The summed E-state index contributed by atoms with van der Waals surface area (Å²) in [6.07, 6.45) is 0.597. The maximum absolute atomic E-state index is 13.7. The van der Waals surface area contributed by atoms with Crippen molar-refractivity contribution in [1.29, 1.82) is 0 Å². The molecule has 0 spiro atoms. The summed E-state index contributed by atoms with van der Waals surface area (Å²) in [5, 5.41) is 2.62. The second kappa shape index (κ2) is 5.85. The fourth-order valence-electron chi connectivity index (χ4n) is 2.32. The van der Waals surface area contributed by atoms with Crippen LogP contribution in [0.4, 0.5) is 10.1 Å². The highest BCUT2D eigenvalue weighted by atomic mass is 79.9. The molecule has 1 atom stereocenters. The first-order valence-electron chi connectivity index (χ1n) is 6.60. The van der Waals surface area contributed by atoms with Gasteiger partial charge in [0.25, 0.3) is 0 Å². The van der Waals surface area contributed by atoms with Gasteiger partial charge in [0.2, 0.25) is 5.91 Å². The molecule has 5 heteroatoms. The minimum atomic E-state index is -0.463. The highest BCUT2D eigenvalue weighted by molar-refractivity contribution is 9.10. The third-order valence-electron chi connectivity index (χ3n) is 3.44. The number of ether oxygens (including phenoxy) is 1. The van der Waals surface area contributed by atoms with Crippen LogP contribution >= 0.6 is 15.9 Å². The summed E-state index contributed by atoms with van der Waals surface area (Å²) in [6, 6.07) is 12.2. The van der Waals surface area contributed by atoms with E-state index in [1.165, 1.54) is 12.1 Å². The van der Waals surface area contributed by atoms with Gasteiger partial charge in [-0.1, -0.05) is 34.1 Å². The fourth-order valence-corrected chi connectivity index (χ4v) is 2.66. The molecule has 1 heterocycles. The Hall–Kier alpha value is -1.88. The zero-order valence-corrected chi connectivity index (χ0v) is 12.7. The molecule has 2 aromatic rings. The summed E-state index contributed by atoms with van der Waals surface area (Å²) in [4.78, 5) is 12.2. The SMILES string of the molecule is O=C(Nc1ccc(Br)cc1F)[C@H]1COc2ccccc2C1. The third kappa shape index (κ3) is 3.08. The van der Waals surface area contributed by atoms with Gasteiger partial charge in [0, 0.05) is 4.47 Å². The van der Waals surface area contributed by atoms with Gasteiger partial charge in [0.05, 0.1) is 11.6 Å². The van der Waals surface area contributed by atoms with E-state index in [0.717, 1.165) is 11.3 Å². The number of para-hydroxylation sites is 1. The maximum Gasteiger partial charge on any atom is 0.231 e. The smallest absolute Gasteiger partial charge is 0.231 e. The second-order valence-corrected chi connectivity index (χ2v) is 5.85. The van der Waals surface area contributed by atoms with Crippen molar-refractivity contribution in [3.63, 3.8) is 0 Å². The van der Waals surface area contributed by atoms with Gasteiger partial charge in [-0.15, -0.1) is 0 Å². The molecule has 1 amide bonds. The highest BCUT2D eigenvalue weighted by Crippen LogP contribution is 2.28. The van der Waals surface area contributed by atoms with Crippen molar-refractivity contribution in [1.82, 2.24) is 0 Å². The van der Waals surface area contributed by atoms with Crippen molar-refractivity contribution in [3.05, 3.63) is 58.3 Å². The molecule has 0 unspecified atom stereocenters. The van der Waals surface area contributed by atoms with Gasteiger partial charge in [0.1, 0.15) is 18.2 Å². The lowest BCUT2D eigenvalue weighted by molar-refractivity contribution is -0.121. The van der Waals surface area contributed by atoms with Crippen LogP contribution in [0.15, 0.2) is 46.9 Å². The number of nitrogens with one attached hydrogen (secondary N) is 1. The van der Waals surface area contributed by atoms with Crippen LogP contribution in [0.25, 0.3) is 0 Å². The molecule has 0 saturated heterocycles. The number of rotatable bonds is 2. The van der Waals surface area contributed by atoms with Gasteiger partial charge in [-0.3, -0.25) is 4.79 Å². The number of amides is 1. The summed E-state index contributed by atoms with van der Waals surface area (Å²) in [5.74, 6) is -0.195. The molecule has 0 aliphatic carbocycles. The number of hydrogen-bond acceptors (Lipinski definition) is 2. The molecule has 0 aromatic heterocycles. The van der Waals surface area contributed by atoms with Crippen LogP contribution in [0.5, 0.6) is 5.75 Å². The van der Waals surface area contributed by atoms with E-state index in [0.29, 0.717) is 17.5 Å². The van der Waals surface area contributed by atoms with Crippen molar-refractivity contribution in [2.24, 2.45) is 5.92 Å². The molecule has 0 bridgehead atoms. The molecule has 0 radical (unpaired) electrons. The Labute approximate surface area is 130 Å². The normalized spacial score (nSPS) is 16.8. The molecule has 0 saturated carbocycles. The number of carbonyl (C=O) groups is 1. The molecule has 3 nitrogen and oxygen atoms in total. The van der Waals surface area contributed by atoms with Crippen molar-refractivity contribution in [3.8, 4) is 5.75 Å². The number of halogens is 2. The quantitative estimate of drug-likeness (QED) is 0.895. The molecule has 1 aliphatic rings. The van der Waals surface area contributed by atoms with Crippen LogP contribution in [0, 0.1) is 11.7 Å². The number of benzene rings is 2. The topological polar surface area (TPSA) is 38.3 Å². The van der Waals surface area contributed by atoms with E-state index < -0.39 is 5.82 Å².